The van der Waals surface area contributed by atoms with Crippen LogP contribution in [0.3, 0.4) is 0 Å². The Labute approximate surface area is 108 Å². The predicted octanol–water partition coefficient (Wildman–Crippen LogP) is -0.888. The van der Waals surface area contributed by atoms with Gasteiger partial charge in [0, 0.05) is 6.42 Å². The molecule has 0 aliphatic heterocycles. The van der Waals surface area contributed by atoms with Crippen LogP contribution in [0.5, 0.6) is 0 Å². The van der Waals surface area contributed by atoms with Crippen molar-refractivity contribution in [2.75, 3.05) is 5.73 Å². The van der Waals surface area contributed by atoms with Crippen LogP contribution in [0.25, 0.3) is 0 Å². The zero-order valence-electron chi connectivity index (χ0n) is 10.00. The minimum absolute atomic E-state index is 0.0412. The van der Waals surface area contributed by atoms with E-state index in [0.29, 0.717) is 5.69 Å². The van der Waals surface area contributed by atoms with Gasteiger partial charge in [0.25, 0.3) is 5.91 Å². The summed E-state index contributed by atoms with van der Waals surface area (Å²) in [4.78, 5) is 37.0. The first-order chi connectivity index (χ1) is 8.90. The number of carboxylic acid groups (broad SMARTS) is 1. The van der Waals surface area contributed by atoms with Crippen molar-refractivity contribution < 1.29 is 19.5 Å². The van der Waals surface area contributed by atoms with E-state index in [1.54, 1.807) is 0 Å². The molecule has 102 valence electrons. The Morgan fingerprint density at radius 1 is 1.37 bits per heavy atom. The lowest BCUT2D eigenvalue weighted by Gasteiger charge is -2.13. The van der Waals surface area contributed by atoms with Crippen LogP contribution < -0.4 is 16.8 Å². The summed E-state index contributed by atoms with van der Waals surface area (Å²) in [6.07, 6.45) is 1.08. The van der Waals surface area contributed by atoms with Gasteiger partial charge in [0.2, 0.25) is 5.91 Å². The molecule has 1 aromatic rings. The van der Waals surface area contributed by atoms with Crippen LogP contribution in [0.1, 0.15) is 23.3 Å². The molecule has 1 aromatic heterocycles. The zero-order valence-corrected chi connectivity index (χ0v) is 10.00. The average Bonchev–Trinajstić information content (AvgIpc) is 2.34. The molecule has 0 saturated heterocycles. The second-order valence-corrected chi connectivity index (χ2v) is 3.85. The normalized spacial score (nSPS) is 11.6. The molecule has 0 aliphatic carbocycles. The van der Waals surface area contributed by atoms with E-state index in [4.69, 9.17) is 16.6 Å². The Morgan fingerprint density at radius 2 is 2.05 bits per heavy atom. The highest BCUT2D eigenvalue weighted by Gasteiger charge is 2.21. The van der Waals surface area contributed by atoms with Gasteiger partial charge in [0.05, 0.1) is 11.9 Å². The second-order valence-electron chi connectivity index (χ2n) is 3.85. The van der Waals surface area contributed by atoms with E-state index in [0.717, 1.165) is 0 Å². The maximum absolute atomic E-state index is 11.7. The molecule has 1 unspecified atom stereocenters. The minimum atomic E-state index is -1.25. The van der Waals surface area contributed by atoms with Crippen LogP contribution in [-0.4, -0.2) is 33.9 Å². The molecule has 0 spiro atoms. The van der Waals surface area contributed by atoms with E-state index >= 15 is 0 Å². The van der Waals surface area contributed by atoms with Gasteiger partial charge in [-0.1, -0.05) is 0 Å². The summed E-state index contributed by atoms with van der Waals surface area (Å²) in [6, 6.07) is 1.65. The van der Waals surface area contributed by atoms with Crippen molar-refractivity contribution in [2.24, 2.45) is 5.73 Å². The second kappa shape index (κ2) is 6.34. The highest BCUT2D eigenvalue weighted by molar-refractivity contribution is 5.95. The molecule has 1 rings (SSSR count). The largest absolute Gasteiger partial charge is 0.480 e. The molecule has 8 nitrogen and oxygen atoms in total. The molecular formula is C11H14N4O4. The van der Waals surface area contributed by atoms with Gasteiger partial charge < -0.3 is 21.9 Å². The summed E-state index contributed by atoms with van der Waals surface area (Å²) in [6.45, 7) is 0. The number of hydrogen-bond donors (Lipinski definition) is 4. The summed E-state index contributed by atoms with van der Waals surface area (Å²) in [5, 5.41) is 11.2. The summed E-state index contributed by atoms with van der Waals surface area (Å²) in [5.41, 5.74) is 10.8. The molecule has 0 aliphatic rings. The summed E-state index contributed by atoms with van der Waals surface area (Å²) in [5.74, 6) is -2.53. The molecule has 19 heavy (non-hydrogen) atoms. The van der Waals surface area contributed by atoms with Gasteiger partial charge in [-0.2, -0.15) is 0 Å². The average molecular weight is 266 g/mol. The maximum atomic E-state index is 11.7. The Balaban J connectivity index is 2.68. The first kappa shape index (κ1) is 14.4. The highest BCUT2D eigenvalue weighted by Crippen LogP contribution is 2.03. The molecule has 1 heterocycles. The first-order valence-corrected chi connectivity index (χ1v) is 5.43. The number of amides is 2. The first-order valence-electron chi connectivity index (χ1n) is 5.43. The van der Waals surface area contributed by atoms with Crippen molar-refractivity contribution in [3.8, 4) is 0 Å². The highest BCUT2D eigenvalue weighted by atomic mass is 16.4. The van der Waals surface area contributed by atoms with Crippen molar-refractivity contribution in [3.05, 3.63) is 24.0 Å². The van der Waals surface area contributed by atoms with Crippen LogP contribution in [0.15, 0.2) is 18.3 Å². The monoisotopic (exact) mass is 266 g/mol. The van der Waals surface area contributed by atoms with Gasteiger partial charge in [0.1, 0.15) is 11.7 Å². The van der Waals surface area contributed by atoms with Crippen LogP contribution in [0, 0.1) is 0 Å². The number of pyridine rings is 1. The molecule has 0 fully saturated rings. The number of nitrogen functional groups attached to an aromatic ring is 1. The van der Waals surface area contributed by atoms with E-state index in [2.05, 4.69) is 10.3 Å². The zero-order chi connectivity index (χ0) is 14.4. The number of carbonyl (C=O) groups excluding carboxylic acids is 2. The summed E-state index contributed by atoms with van der Waals surface area (Å²) in [7, 11) is 0. The van der Waals surface area contributed by atoms with Gasteiger partial charge in [-0.15, -0.1) is 0 Å². The fourth-order valence-corrected chi connectivity index (χ4v) is 1.32. The summed E-state index contributed by atoms with van der Waals surface area (Å²) >= 11 is 0. The number of aliphatic carboxylic acids is 1. The lowest BCUT2D eigenvalue weighted by Crippen LogP contribution is -2.41. The number of hydrogen-bond acceptors (Lipinski definition) is 5. The summed E-state index contributed by atoms with van der Waals surface area (Å²) < 4.78 is 0. The molecule has 0 saturated carbocycles. The predicted molar refractivity (Wildman–Crippen MR) is 66.0 cm³/mol. The topological polar surface area (TPSA) is 148 Å². The van der Waals surface area contributed by atoms with E-state index in [1.807, 2.05) is 0 Å². The third kappa shape index (κ3) is 4.62. The number of nitrogens with zero attached hydrogens (tertiary/aromatic N) is 1. The van der Waals surface area contributed by atoms with Crippen LogP contribution >= 0.6 is 0 Å². The maximum Gasteiger partial charge on any atom is 0.326 e. The van der Waals surface area contributed by atoms with E-state index in [-0.39, 0.29) is 18.5 Å². The molecule has 1 atom stereocenters. The molecular weight excluding hydrogens is 252 g/mol. The standard InChI is InChI=1S/C11H14N4O4/c12-6-1-2-7(14-5-6)10(17)15-8(11(18)19)3-4-9(13)16/h1-2,5,8H,3-4,12H2,(H2,13,16)(H,15,17)(H,18,19). The Bertz CT molecular complexity index is 486. The van der Waals surface area contributed by atoms with Crippen molar-refractivity contribution in [1.82, 2.24) is 10.3 Å². The molecule has 0 aromatic carbocycles. The van der Waals surface area contributed by atoms with Crippen LogP contribution in [0.4, 0.5) is 5.69 Å². The number of aromatic nitrogens is 1. The fourth-order valence-electron chi connectivity index (χ4n) is 1.32. The number of nitrogens with two attached hydrogens (primary N) is 2. The SMILES string of the molecule is NC(=O)CCC(NC(=O)c1ccc(N)cn1)C(=O)O. The fraction of sp³-hybridized carbons (Fsp3) is 0.273. The Morgan fingerprint density at radius 3 is 2.53 bits per heavy atom. The van der Waals surface area contributed by atoms with E-state index < -0.39 is 23.8 Å². The van der Waals surface area contributed by atoms with Crippen LogP contribution in [-0.2, 0) is 9.59 Å². The van der Waals surface area contributed by atoms with Gasteiger partial charge in [-0.3, -0.25) is 9.59 Å². The molecule has 0 bridgehead atoms. The number of carbonyl (C=O) groups is 3. The van der Waals surface area contributed by atoms with Gasteiger partial charge >= 0.3 is 5.97 Å². The van der Waals surface area contributed by atoms with Crippen LogP contribution in [0.2, 0.25) is 0 Å². The quantitative estimate of drug-likeness (QED) is 0.525. The van der Waals surface area contributed by atoms with Crippen molar-refractivity contribution >= 4 is 23.5 Å². The van der Waals surface area contributed by atoms with Crippen molar-refractivity contribution in [1.29, 1.82) is 0 Å². The number of anilines is 1. The number of rotatable bonds is 6. The third-order valence-electron chi connectivity index (χ3n) is 2.30. The molecule has 0 radical (unpaired) electrons. The van der Waals surface area contributed by atoms with Crippen molar-refractivity contribution in [3.63, 3.8) is 0 Å². The third-order valence-corrected chi connectivity index (χ3v) is 2.30. The van der Waals surface area contributed by atoms with Crippen molar-refractivity contribution in [2.45, 2.75) is 18.9 Å². The molecule has 8 heteroatoms. The van der Waals surface area contributed by atoms with Gasteiger partial charge in [-0.05, 0) is 18.6 Å². The van der Waals surface area contributed by atoms with Gasteiger partial charge in [0.15, 0.2) is 0 Å². The minimum Gasteiger partial charge on any atom is -0.480 e. The lowest BCUT2D eigenvalue weighted by molar-refractivity contribution is -0.139. The smallest absolute Gasteiger partial charge is 0.326 e. The van der Waals surface area contributed by atoms with E-state index in [9.17, 15) is 14.4 Å². The van der Waals surface area contributed by atoms with E-state index in [1.165, 1.54) is 18.3 Å². The molecule has 2 amide bonds. The number of carboxylic acids is 1. The Kier molecular flexibility index (Phi) is 4.81. The molecule has 6 N–H and O–H groups in total. The Hall–Kier alpha value is -2.64. The number of nitrogens with one attached hydrogen (secondary N) is 1. The van der Waals surface area contributed by atoms with Gasteiger partial charge in [-0.25, -0.2) is 9.78 Å². The number of primary amides is 1. The lowest BCUT2D eigenvalue weighted by atomic mass is 10.1.